The largest absolute Gasteiger partial charge is 0.371 e. The Morgan fingerprint density at radius 3 is 2.77 bits per heavy atom. The molecule has 3 aromatic rings. The molecule has 4 rings (SSSR count). The van der Waals surface area contributed by atoms with E-state index >= 15 is 0 Å². The molecule has 0 aliphatic carbocycles. The Bertz CT molecular complexity index is 1090. The summed E-state index contributed by atoms with van der Waals surface area (Å²) >= 11 is 6.43. The number of hydrogen-bond donors (Lipinski definition) is 1. The highest BCUT2D eigenvalue weighted by Crippen LogP contribution is 2.29. The third-order valence-electron chi connectivity index (χ3n) is 5.39. The van der Waals surface area contributed by atoms with Gasteiger partial charge in [0.1, 0.15) is 0 Å². The summed E-state index contributed by atoms with van der Waals surface area (Å²) in [7, 11) is 0. The summed E-state index contributed by atoms with van der Waals surface area (Å²) < 4.78 is 0. The first kappa shape index (κ1) is 21.1. The zero-order valence-corrected chi connectivity index (χ0v) is 18.1. The van der Waals surface area contributed by atoms with E-state index in [1.807, 2.05) is 30.3 Å². The molecule has 1 aliphatic rings. The summed E-state index contributed by atoms with van der Waals surface area (Å²) in [6.07, 6.45) is 7.10. The molecule has 0 amide bonds. The molecule has 1 aromatic heterocycles. The van der Waals surface area contributed by atoms with Gasteiger partial charge in [-0.2, -0.15) is 0 Å². The average Bonchev–Trinajstić information content (AvgIpc) is 2.81. The number of hydrogen-bond acceptors (Lipinski definition) is 5. The average molecular weight is 433 g/mol. The number of benzene rings is 2. The van der Waals surface area contributed by atoms with Gasteiger partial charge in [-0.25, -0.2) is 9.97 Å². The molecule has 0 spiro atoms. The van der Waals surface area contributed by atoms with Gasteiger partial charge in [-0.15, -0.1) is 0 Å². The Kier molecular flexibility index (Phi) is 6.63. The van der Waals surface area contributed by atoms with Crippen LogP contribution < -0.4 is 10.2 Å². The molecule has 1 fully saturated rings. The molecule has 31 heavy (non-hydrogen) atoms. The molecule has 1 aliphatic heterocycles. The lowest BCUT2D eigenvalue weighted by Gasteiger charge is -2.29. The van der Waals surface area contributed by atoms with Gasteiger partial charge >= 0.3 is 0 Å². The first-order valence-corrected chi connectivity index (χ1v) is 10.9. The molecule has 6 heteroatoms. The van der Waals surface area contributed by atoms with Crippen LogP contribution in [0.25, 0.3) is 11.3 Å². The lowest BCUT2D eigenvalue weighted by Crippen LogP contribution is -2.29. The highest BCUT2D eigenvalue weighted by atomic mass is 35.5. The Labute approximate surface area is 187 Å². The van der Waals surface area contributed by atoms with E-state index in [2.05, 4.69) is 38.9 Å². The summed E-state index contributed by atoms with van der Waals surface area (Å²) in [4.78, 5) is 23.2. The molecular weight excluding hydrogens is 408 g/mol. The number of aromatic nitrogens is 2. The fourth-order valence-electron chi connectivity index (χ4n) is 3.78. The second kappa shape index (κ2) is 9.75. The van der Waals surface area contributed by atoms with Crippen LogP contribution >= 0.6 is 11.6 Å². The SMILES string of the molecule is C=CC(=O)Cc1ccc(Cl)c(-c2ccnc(Nc3cccc(N4CCCCC4)c3)n2)c1. The van der Waals surface area contributed by atoms with E-state index in [-0.39, 0.29) is 12.2 Å². The lowest BCUT2D eigenvalue weighted by molar-refractivity contribution is -0.114. The number of nitrogens with zero attached hydrogens (tertiary/aromatic N) is 3. The second-order valence-corrected chi connectivity index (χ2v) is 8.06. The van der Waals surface area contributed by atoms with E-state index in [9.17, 15) is 4.79 Å². The van der Waals surface area contributed by atoms with Gasteiger partial charge in [-0.1, -0.05) is 30.3 Å². The number of ketones is 1. The minimum atomic E-state index is -0.0353. The number of carbonyl (C=O) groups excluding carboxylic acids is 1. The zero-order valence-electron chi connectivity index (χ0n) is 17.4. The Morgan fingerprint density at radius 1 is 1.13 bits per heavy atom. The summed E-state index contributed by atoms with van der Waals surface area (Å²) in [5.41, 5.74) is 4.48. The van der Waals surface area contributed by atoms with Crippen molar-refractivity contribution in [2.45, 2.75) is 25.7 Å². The summed E-state index contributed by atoms with van der Waals surface area (Å²) in [6.45, 7) is 5.73. The lowest BCUT2D eigenvalue weighted by atomic mass is 10.0. The second-order valence-electron chi connectivity index (χ2n) is 7.65. The fourth-order valence-corrected chi connectivity index (χ4v) is 4.00. The van der Waals surface area contributed by atoms with Crippen molar-refractivity contribution < 1.29 is 4.79 Å². The number of rotatable bonds is 7. The van der Waals surface area contributed by atoms with Crippen LogP contribution in [0.4, 0.5) is 17.3 Å². The molecule has 1 saturated heterocycles. The quantitative estimate of drug-likeness (QED) is 0.476. The molecule has 1 N–H and O–H groups in total. The number of allylic oxidation sites excluding steroid dienone is 1. The number of piperidine rings is 1. The first-order valence-electron chi connectivity index (χ1n) is 10.5. The first-order chi connectivity index (χ1) is 15.1. The normalized spacial score (nSPS) is 13.6. The molecule has 0 radical (unpaired) electrons. The van der Waals surface area contributed by atoms with Crippen molar-refractivity contribution >= 4 is 34.7 Å². The molecule has 2 aromatic carbocycles. The monoisotopic (exact) mass is 432 g/mol. The van der Waals surface area contributed by atoms with Crippen LogP contribution in [0, 0.1) is 0 Å². The van der Waals surface area contributed by atoms with Crippen LogP contribution in [0.15, 0.2) is 67.4 Å². The third kappa shape index (κ3) is 5.30. The van der Waals surface area contributed by atoms with Crippen molar-refractivity contribution in [3.8, 4) is 11.3 Å². The van der Waals surface area contributed by atoms with Gasteiger partial charge in [-0.05, 0) is 67.3 Å². The maximum Gasteiger partial charge on any atom is 0.227 e. The van der Waals surface area contributed by atoms with E-state index in [0.717, 1.165) is 29.9 Å². The standard InChI is InChI=1S/C25H25ClN4O/c1-2-21(31)15-18-9-10-23(26)22(16-18)24-11-12-27-25(29-24)28-19-7-6-8-20(17-19)30-13-4-3-5-14-30/h2,6-12,16-17H,1,3-5,13-15H2,(H,27,28,29). The Balaban J connectivity index is 1.56. The molecule has 0 atom stereocenters. The molecule has 0 saturated carbocycles. The molecule has 158 valence electrons. The molecule has 5 nitrogen and oxygen atoms in total. The minimum Gasteiger partial charge on any atom is -0.371 e. The fraction of sp³-hybridized carbons (Fsp3) is 0.240. The summed E-state index contributed by atoms with van der Waals surface area (Å²) in [5.74, 6) is 0.462. The highest BCUT2D eigenvalue weighted by Gasteiger charge is 2.12. The molecular formula is C25H25ClN4O. The van der Waals surface area contributed by atoms with Crippen molar-refractivity contribution in [2.24, 2.45) is 0 Å². The Morgan fingerprint density at radius 2 is 1.97 bits per heavy atom. The smallest absolute Gasteiger partial charge is 0.227 e. The van der Waals surface area contributed by atoms with Crippen LogP contribution in [-0.2, 0) is 11.2 Å². The van der Waals surface area contributed by atoms with E-state index in [1.54, 1.807) is 12.3 Å². The molecule has 0 unspecified atom stereocenters. The third-order valence-corrected chi connectivity index (χ3v) is 5.72. The predicted octanol–water partition coefficient (Wildman–Crippen LogP) is 5.83. The van der Waals surface area contributed by atoms with E-state index in [4.69, 9.17) is 11.6 Å². The van der Waals surface area contributed by atoms with Gasteiger partial charge in [0.2, 0.25) is 5.95 Å². The van der Waals surface area contributed by atoms with Gasteiger partial charge in [0.25, 0.3) is 0 Å². The molecule has 0 bridgehead atoms. The maximum absolute atomic E-state index is 11.7. The number of halogens is 1. The van der Waals surface area contributed by atoms with Crippen LogP contribution in [0.2, 0.25) is 5.02 Å². The molecule has 2 heterocycles. The van der Waals surface area contributed by atoms with Gasteiger partial charge in [0, 0.05) is 47.7 Å². The summed E-state index contributed by atoms with van der Waals surface area (Å²) in [6, 6.07) is 15.7. The van der Waals surface area contributed by atoms with Gasteiger partial charge in [-0.3, -0.25) is 4.79 Å². The van der Waals surface area contributed by atoms with Gasteiger partial charge in [0.05, 0.1) is 5.69 Å². The number of carbonyl (C=O) groups is 1. The van der Waals surface area contributed by atoms with Crippen LogP contribution in [0.1, 0.15) is 24.8 Å². The van der Waals surface area contributed by atoms with Crippen LogP contribution in [-0.4, -0.2) is 28.8 Å². The van der Waals surface area contributed by atoms with E-state index in [0.29, 0.717) is 16.7 Å². The van der Waals surface area contributed by atoms with Crippen LogP contribution in [0.3, 0.4) is 0 Å². The predicted molar refractivity (Wildman–Crippen MR) is 127 cm³/mol. The van der Waals surface area contributed by atoms with Crippen molar-refractivity contribution in [1.82, 2.24) is 9.97 Å². The number of nitrogens with one attached hydrogen (secondary N) is 1. The topological polar surface area (TPSA) is 58.1 Å². The van der Waals surface area contributed by atoms with Crippen molar-refractivity contribution in [2.75, 3.05) is 23.3 Å². The van der Waals surface area contributed by atoms with Crippen molar-refractivity contribution in [1.29, 1.82) is 0 Å². The van der Waals surface area contributed by atoms with E-state index < -0.39 is 0 Å². The Hall–Kier alpha value is -3.18. The maximum atomic E-state index is 11.7. The zero-order chi connectivity index (χ0) is 21.6. The van der Waals surface area contributed by atoms with Gasteiger partial charge in [0.15, 0.2) is 5.78 Å². The minimum absolute atomic E-state index is 0.0353. The summed E-state index contributed by atoms with van der Waals surface area (Å²) in [5, 5.41) is 3.89. The van der Waals surface area contributed by atoms with Gasteiger partial charge < -0.3 is 10.2 Å². The van der Waals surface area contributed by atoms with E-state index in [1.165, 1.54) is 31.0 Å². The van der Waals surface area contributed by atoms with Crippen molar-refractivity contribution in [3.63, 3.8) is 0 Å². The van der Waals surface area contributed by atoms with Crippen molar-refractivity contribution in [3.05, 3.63) is 78.0 Å². The van der Waals surface area contributed by atoms with Crippen LogP contribution in [0.5, 0.6) is 0 Å². The highest BCUT2D eigenvalue weighted by molar-refractivity contribution is 6.33. The number of anilines is 3.